The maximum absolute atomic E-state index is 12.4. The first kappa shape index (κ1) is 20.8. The molecule has 0 heterocycles. The fourth-order valence-electron chi connectivity index (χ4n) is 2.41. The average Bonchev–Trinajstić information content (AvgIpc) is 2.69. The van der Waals surface area contributed by atoms with Crippen molar-refractivity contribution in [2.45, 2.75) is 6.61 Å². The molecule has 0 unspecified atom stereocenters. The largest absolute Gasteiger partial charge is 0.733 e. The second-order valence-electron chi connectivity index (χ2n) is 5.48. The number of nitrogens with zero attached hydrogens (tertiary/aromatic N) is 1. The molecule has 2 aromatic rings. The van der Waals surface area contributed by atoms with Crippen LogP contribution in [-0.2, 0) is 16.1 Å². The van der Waals surface area contributed by atoms with Crippen molar-refractivity contribution in [3.63, 3.8) is 0 Å². The molecule has 2 aromatic carbocycles. The number of nitrogens with one attached hydrogen (secondary N) is 1. The van der Waals surface area contributed by atoms with Crippen molar-refractivity contribution >= 4 is 23.3 Å². The zero-order valence-corrected chi connectivity index (χ0v) is 15.2. The molecule has 2 rings (SSSR count). The third-order valence-corrected chi connectivity index (χ3v) is 3.73. The summed E-state index contributed by atoms with van der Waals surface area (Å²) in [7, 11) is 2.76. The van der Waals surface area contributed by atoms with Crippen molar-refractivity contribution in [3.05, 3.63) is 52.7 Å². The molecule has 0 aliphatic heterocycles. The predicted molar refractivity (Wildman–Crippen MR) is 98.9 cm³/mol. The number of hydrogen-bond donors (Lipinski definition) is 3. The lowest BCUT2D eigenvalue weighted by Crippen LogP contribution is -2.16. The van der Waals surface area contributed by atoms with E-state index in [1.54, 1.807) is 12.1 Å². The van der Waals surface area contributed by atoms with E-state index in [1.807, 2.05) is 0 Å². The van der Waals surface area contributed by atoms with E-state index in [0.717, 1.165) is 0 Å². The van der Waals surface area contributed by atoms with Gasteiger partial charge in [-0.3, -0.25) is 10.0 Å². The van der Waals surface area contributed by atoms with Crippen LogP contribution in [0.1, 0.15) is 15.9 Å². The molecule has 150 valence electrons. The van der Waals surface area contributed by atoms with Crippen LogP contribution >= 0.6 is 0 Å². The zero-order valence-electron chi connectivity index (χ0n) is 15.2. The Hall–Kier alpha value is -3.50. The van der Waals surface area contributed by atoms with Crippen LogP contribution in [0.3, 0.4) is 0 Å². The molecule has 0 fully saturated rings. The van der Waals surface area contributed by atoms with Crippen molar-refractivity contribution in [1.82, 2.24) is 0 Å². The zero-order chi connectivity index (χ0) is 20.7. The molecular weight excluding hydrogens is 372 g/mol. The molecule has 0 amide bonds. The number of rotatable bonds is 9. The van der Waals surface area contributed by atoms with Gasteiger partial charge in [-0.1, -0.05) is 12.1 Å². The van der Waals surface area contributed by atoms with Gasteiger partial charge >= 0.3 is 11.9 Å². The second kappa shape index (κ2) is 9.44. The number of aliphatic carboxylic acids is 1. The van der Waals surface area contributed by atoms with Gasteiger partial charge in [0.05, 0.1) is 25.5 Å². The molecule has 0 radical (unpaired) electrons. The SMILES string of the molecule is COc1cc(COC(=O)c2ccccc2NCC(=O)O)c(N([O-])O)cc1OC. The lowest BCUT2D eigenvalue weighted by Gasteiger charge is -2.26. The first-order valence-corrected chi connectivity index (χ1v) is 8.00. The summed E-state index contributed by atoms with van der Waals surface area (Å²) in [6.45, 7) is -0.721. The fraction of sp³-hybridized carbons (Fsp3) is 0.222. The topological polar surface area (TPSA) is 141 Å². The quantitative estimate of drug-likeness (QED) is 0.430. The van der Waals surface area contributed by atoms with Gasteiger partial charge in [-0.15, -0.1) is 0 Å². The van der Waals surface area contributed by atoms with Gasteiger partial charge in [0.25, 0.3) is 0 Å². The highest BCUT2D eigenvalue weighted by molar-refractivity contribution is 5.96. The van der Waals surface area contributed by atoms with Gasteiger partial charge in [-0.25, -0.2) is 4.79 Å². The van der Waals surface area contributed by atoms with Crippen LogP contribution in [0.4, 0.5) is 11.4 Å². The van der Waals surface area contributed by atoms with Crippen LogP contribution in [0.15, 0.2) is 36.4 Å². The Morgan fingerprint density at radius 3 is 2.39 bits per heavy atom. The van der Waals surface area contributed by atoms with E-state index in [9.17, 15) is 20.0 Å². The third kappa shape index (κ3) is 5.02. The van der Waals surface area contributed by atoms with E-state index >= 15 is 0 Å². The van der Waals surface area contributed by atoms with Gasteiger partial charge in [0, 0.05) is 17.3 Å². The molecule has 0 saturated carbocycles. The van der Waals surface area contributed by atoms with Crippen LogP contribution in [0.5, 0.6) is 11.5 Å². The Kier molecular flexibility index (Phi) is 7.02. The summed E-state index contributed by atoms with van der Waals surface area (Å²) in [4.78, 5) is 23.1. The minimum atomic E-state index is -1.09. The summed E-state index contributed by atoms with van der Waals surface area (Å²) in [5.74, 6) is -1.34. The number of esters is 1. The van der Waals surface area contributed by atoms with Crippen LogP contribution in [-0.4, -0.2) is 43.0 Å². The van der Waals surface area contributed by atoms with Crippen molar-refractivity contribution in [2.24, 2.45) is 0 Å². The van der Waals surface area contributed by atoms with Crippen molar-refractivity contribution in [2.75, 3.05) is 31.3 Å². The van der Waals surface area contributed by atoms with Gasteiger partial charge in [0.2, 0.25) is 0 Å². The molecule has 10 heteroatoms. The standard InChI is InChI=1S/C18H19N2O8/c1-26-15-7-11(14(20(24)25)8-16(15)27-2)10-28-18(23)12-5-3-4-6-13(12)19-9-17(21)22/h3-8,19,24H,9-10H2,1-2H3,(H,21,22)/q-1. The molecule has 28 heavy (non-hydrogen) atoms. The summed E-state index contributed by atoms with van der Waals surface area (Å²) in [6.07, 6.45) is 0. The van der Waals surface area contributed by atoms with E-state index in [4.69, 9.17) is 19.3 Å². The average molecular weight is 391 g/mol. The first-order chi connectivity index (χ1) is 13.4. The van der Waals surface area contributed by atoms with Crippen molar-refractivity contribution < 1.29 is 34.1 Å². The highest BCUT2D eigenvalue weighted by Crippen LogP contribution is 2.35. The lowest BCUT2D eigenvalue weighted by atomic mass is 10.1. The fourth-order valence-corrected chi connectivity index (χ4v) is 2.41. The number of hydrogen-bond acceptors (Lipinski definition) is 9. The van der Waals surface area contributed by atoms with Gasteiger partial charge in [-0.05, 0) is 18.2 Å². The highest BCUT2D eigenvalue weighted by Gasteiger charge is 2.17. The van der Waals surface area contributed by atoms with E-state index in [1.165, 1.54) is 38.5 Å². The third-order valence-electron chi connectivity index (χ3n) is 3.73. The molecule has 0 aliphatic rings. The Bertz CT molecular complexity index is 853. The predicted octanol–water partition coefficient (Wildman–Crippen LogP) is 2.25. The highest BCUT2D eigenvalue weighted by atomic mass is 16.8. The van der Waals surface area contributed by atoms with Crippen molar-refractivity contribution in [1.29, 1.82) is 0 Å². The maximum Gasteiger partial charge on any atom is 0.340 e. The second-order valence-corrected chi connectivity index (χ2v) is 5.48. The summed E-state index contributed by atoms with van der Waals surface area (Å²) in [5, 5.41) is 31.8. The number of para-hydroxylation sites is 1. The van der Waals surface area contributed by atoms with Crippen LogP contribution in [0.25, 0.3) is 0 Å². The molecule has 10 nitrogen and oxygen atoms in total. The molecule has 3 N–H and O–H groups in total. The molecule has 0 aliphatic carbocycles. The normalized spacial score (nSPS) is 10.1. The maximum atomic E-state index is 12.4. The number of benzene rings is 2. The van der Waals surface area contributed by atoms with E-state index < -0.39 is 11.9 Å². The van der Waals surface area contributed by atoms with Gasteiger partial charge in [0.15, 0.2) is 11.5 Å². The van der Waals surface area contributed by atoms with Gasteiger partial charge in [0.1, 0.15) is 13.2 Å². The Morgan fingerprint density at radius 1 is 1.14 bits per heavy atom. The lowest BCUT2D eigenvalue weighted by molar-refractivity contribution is -0.134. The Balaban J connectivity index is 2.22. The number of anilines is 2. The molecule has 0 atom stereocenters. The number of ether oxygens (including phenoxy) is 3. The summed E-state index contributed by atoms with van der Waals surface area (Å²) < 4.78 is 15.4. The molecule has 0 bridgehead atoms. The molecule has 0 aromatic heterocycles. The number of carbonyl (C=O) groups is 2. The number of carbonyl (C=O) groups excluding carboxylic acids is 1. The van der Waals surface area contributed by atoms with Crippen molar-refractivity contribution in [3.8, 4) is 11.5 Å². The first-order valence-electron chi connectivity index (χ1n) is 8.00. The Morgan fingerprint density at radius 2 is 1.79 bits per heavy atom. The Labute approximate surface area is 160 Å². The smallest absolute Gasteiger partial charge is 0.340 e. The van der Waals surface area contributed by atoms with E-state index in [2.05, 4.69) is 5.32 Å². The number of carboxylic acids is 1. The van der Waals surface area contributed by atoms with Gasteiger partial charge in [-0.2, -0.15) is 0 Å². The number of methoxy groups -OCH3 is 2. The summed E-state index contributed by atoms with van der Waals surface area (Å²) in [5.41, 5.74) is 0.408. The van der Waals surface area contributed by atoms with Crippen LogP contribution in [0.2, 0.25) is 0 Å². The molecule has 0 saturated heterocycles. The van der Waals surface area contributed by atoms with E-state index in [0.29, 0.717) is 0 Å². The minimum Gasteiger partial charge on any atom is -0.733 e. The minimum absolute atomic E-state index is 0.119. The molecule has 0 spiro atoms. The van der Waals surface area contributed by atoms with E-state index in [-0.39, 0.29) is 52.4 Å². The summed E-state index contributed by atoms with van der Waals surface area (Å²) in [6, 6.07) is 8.88. The molecular formula is C18H19N2O8-. The monoisotopic (exact) mass is 391 g/mol. The summed E-state index contributed by atoms with van der Waals surface area (Å²) >= 11 is 0. The van der Waals surface area contributed by atoms with Crippen LogP contribution < -0.4 is 20.0 Å². The van der Waals surface area contributed by atoms with Crippen LogP contribution in [0, 0.1) is 5.21 Å². The number of carboxylic acid groups (broad SMARTS) is 1. The van der Waals surface area contributed by atoms with Gasteiger partial charge < -0.3 is 35.1 Å².